The summed E-state index contributed by atoms with van der Waals surface area (Å²) < 4.78 is 3.91. The van der Waals surface area contributed by atoms with E-state index in [4.69, 9.17) is 0 Å². The van der Waals surface area contributed by atoms with Gasteiger partial charge in [0.15, 0.2) is 0 Å². The maximum absolute atomic E-state index is 12.5. The summed E-state index contributed by atoms with van der Waals surface area (Å²) in [6, 6.07) is 13.5. The first-order chi connectivity index (χ1) is 10.2. The van der Waals surface area contributed by atoms with Crippen molar-refractivity contribution in [1.29, 1.82) is 0 Å². The monoisotopic (exact) mass is 297 g/mol. The molecule has 1 aromatic heterocycles. The van der Waals surface area contributed by atoms with Crippen LogP contribution in [0.5, 0.6) is 0 Å². The smallest absolute Gasteiger partial charge is 0.252 e. The highest BCUT2D eigenvalue weighted by molar-refractivity contribution is 7.05. The number of benzene rings is 2. The molecule has 21 heavy (non-hydrogen) atoms. The fourth-order valence-electron chi connectivity index (χ4n) is 2.40. The summed E-state index contributed by atoms with van der Waals surface area (Å²) in [4.78, 5) is 13.5. The molecule has 2 aromatic carbocycles. The third-order valence-electron chi connectivity index (χ3n) is 3.46. The van der Waals surface area contributed by atoms with Gasteiger partial charge in [-0.25, -0.2) is 0 Å². The molecule has 0 spiro atoms. The second kappa shape index (κ2) is 5.61. The van der Waals surface area contributed by atoms with E-state index in [0.717, 1.165) is 21.3 Å². The average Bonchev–Trinajstić information content (AvgIpc) is 2.92. The second-order valence-electron chi connectivity index (χ2n) is 4.94. The van der Waals surface area contributed by atoms with Gasteiger partial charge in [0.05, 0.1) is 16.6 Å². The van der Waals surface area contributed by atoms with Crippen LogP contribution in [-0.4, -0.2) is 15.5 Å². The van der Waals surface area contributed by atoms with Crippen LogP contribution in [0.25, 0.3) is 10.8 Å². The Labute approximate surface area is 127 Å². The highest BCUT2D eigenvalue weighted by Crippen LogP contribution is 2.22. The lowest BCUT2D eigenvalue weighted by Crippen LogP contribution is -2.26. The Hall–Kier alpha value is -2.27. The van der Waals surface area contributed by atoms with Gasteiger partial charge in [-0.3, -0.25) is 4.79 Å². The zero-order chi connectivity index (χ0) is 14.8. The zero-order valence-electron chi connectivity index (χ0n) is 11.8. The van der Waals surface area contributed by atoms with E-state index >= 15 is 0 Å². The van der Waals surface area contributed by atoms with Gasteiger partial charge < -0.3 is 5.32 Å². The van der Waals surface area contributed by atoms with Gasteiger partial charge in [0.1, 0.15) is 0 Å². The minimum absolute atomic E-state index is 0.0768. The molecule has 0 aliphatic rings. The van der Waals surface area contributed by atoms with Crippen molar-refractivity contribution in [3.63, 3.8) is 0 Å². The molecule has 0 aliphatic heterocycles. The number of rotatable bonds is 3. The molecule has 1 N–H and O–H groups in total. The first-order valence-electron chi connectivity index (χ1n) is 6.74. The van der Waals surface area contributed by atoms with Crippen molar-refractivity contribution in [3.05, 3.63) is 58.6 Å². The van der Waals surface area contributed by atoms with Crippen LogP contribution < -0.4 is 5.32 Å². The maximum Gasteiger partial charge on any atom is 0.252 e. The van der Waals surface area contributed by atoms with Crippen molar-refractivity contribution in [3.8, 4) is 0 Å². The molecule has 3 rings (SSSR count). The minimum Gasteiger partial charge on any atom is -0.345 e. The summed E-state index contributed by atoms with van der Waals surface area (Å²) in [5.74, 6) is -0.0768. The molecule has 4 nitrogen and oxygen atoms in total. The van der Waals surface area contributed by atoms with Gasteiger partial charge in [-0.1, -0.05) is 40.9 Å². The number of carbonyl (C=O) groups is 1. The summed E-state index contributed by atoms with van der Waals surface area (Å²) in [6.07, 6.45) is 0. The molecule has 0 fully saturated rings. The number of hydrogen-bond acceptors (Lipinski definition) is 4. The van der Waals surface area contributed by atoms with Crippen LogP contribution in [0, 0.1) is 6.92 Å². The molecule has 1 heterocycles. The quantitative estimate of drug-likeness (QED) is 0.805. The first kappa shape index (κ1) is 13.7. The minimum atomic E-state index is -0.100. The van der Waals surface area contributed by atoms with Crippen LogP contribution in [0.15, 0.2) is 42.5 Å². The highest BCUT2D eigenvalue weighted by atomic mass is 32.1. The van der Waals surface area contributed by atoms with Gasteiger partial charge >= 0.3 is 0 Å². The number of nitrogens with one attached hydrogen (secondary N) is 1. The summed E-state index contributed by atoms with van der Waals surface area (Å²) in [6.45, 7) is 3.85. The predicted molar refractivity (Wildman–Crippen MR) is 84.5 cm³/mol. The molecule has 0 bridgehead atoms. The lowest BCUT2D eigenvalue weighted by atomic mass is 10.0. The van der Waals surface area contributed by atoms with Crippen molar-refractivity contribution < 1.29 is 4.79 Å². The van der Waals surface area contributed by atoms with Gasteiger partial charge in [-0.15, -0.1) is 5.10 Å². The van der Waals surface area contributed by atoms with Crippen LogP contribution in [0.4, 0.5) is 0 Å². The van der Waals surface area contributed by atoms with E-state index in [2.05, 4.69) is 14.9 Å². The van der Waals surface area contributed by atoms with Gasteiger partial charge in [0.25, 0.3) is 5.91 Å². The molecule has 0 saturated carbocycles. The lowest BCUT2D eigenvalue weighted by Gasteiger charge is -2.13. The Morgan fingerprint density at radius 1 is 1.19 bits per heavy atom. The van der Waals surface area contributed by atoms with Crippen LogP contribution >= 0.6 is 11.5 Å². The Kier molecular flexibility index (Phi) is 3.66. The van der Waals surface area contributed by atoms with Gasteiger partial charge in [-0.2, -0.15) is 0 Å². The number of nitrogens with zero attached hydrogens (tertiary/aromatic N) is 2. The summed E-state index contributed by atoms with van der Waals surface area (Å²) in [5.41, 5.74) is 1.56. The van der Waals surface area contributed by atoms with Gasteiger partial charge in [-0.05, 0) is 42.2 Å². The Morgan fingerprint density at radius 2 is 1.95 bits per heavy atom. The zero-order valence-corrected chi connectivity index (χ0v) is 12.6. The van der Waals surface area contributed by atoms with Crippen molar-refractivity contribution in [2.24, 2.45) is 0 Å². The van der Waals surface area contributed by atoms with E-state index in [1.54, 1.807) is 0 Å². The SMILES string of the molecule is Cc1nnsc1C(C)NC(=O)c1cccc2ccccc12. The maximum atomic E-state index is 12.5. The predicted octanol–water partition coefficient (Wildman–Crippen LogP) is 3.49. The third-order valence-corrected chi connectivity index (χ3v) is 4.47. The van der Waals surface area contributed by atoms with Gasteiger partial charge in [0.2, 0.25) is 0 Å². The fourth-order valence-corrected chi connectivity index (χ4v) is 3.04. The van der Waals surface area contributed by atoms with E-state index in [9.17, 15) is 4.79 Å². The summed E-state index contributed by atoms with van der Waals surface area (Å²) in [5, 5.41) is 9.03. The third kappa shape index (κ3) is 2.64. The fraction of sp³-hybridized carbons (Fsp3) is 0.188. The Bertz CT molecular complexity index is 792. The molecule has 1 amide bonds. The number of carbonyl (C=O) groups excluding carboxylic acids is 1. The van der Waals surface area contributed by atoms with E-state index < -0.39 is 0 Å². The molecule has 0 radical (unpaired) electrons. The molecule has 1 unspecified atom stereocenters. The molecule has 5 heteroatoms. The van der Waals surface area contributed by atoms with Crippen LogP contribution in [0.1, 0.15) is 33.9 Å². The molecule has 3 aromatic rings. The van der Waals surface area contributed by atoms with E-state index in [1.165, 1.54) is 11.5 Å². The number of amides is 1. The molecular formula is C16H15N3OS. The van der Waals surface area contributed by atoms with Crippen LogP contribution in [-0.2, 0) is 0 Å². The Morgan fingerprint density at radius 3 is 2.71 bits per heavy atom. The van der Waals surface area contributed by atoms with Crippen molar-refractivity contribution in [2.45, 2.75) is 19.9 Å². The van der Waals surface area contributed by atoms with Gasteiger partial charge in [0, 0.05) is 5.56 Å². The molecule has 106 valence electrons. The number of hydrogen-bond donors (Lipinski definition) is 1. The second-order valence-corrected chi connectivity index (χ2v) is 5.73. The Balaban J connectivity index is 1.89. The largest absolute Gasteiger partial charge is 0.345 e. The highest BCUT2D eigenvalue weighted by Gasteiger charge is 2.17. The molecule has 0 aliphatic carbocycles. The molecule has 0 saturated heterocycles. The molecule has 1 atom stereocenters. The number of aryl methyl sites for hydroxylation is 1. The summed E-state index contributed by atoms with van der Waals surface area (Å²) in [7, 11) is 0. The average molecular weight is 297 g/mol. The molecular weight excluding hydrogens is 282 g/mol. The topological polar surface area (TPSA) is 54.9 Å². The van der Waals surface area contributed by atoms with Crippen molar-refractivity contribution >= 4 is 28.2 Å². The van der Waals surface area contributed by atoms with E-state index in [0.29, 0.717) is 5.56 Å². The summed E-state index contributed by atoms with van der Waals surface area (Å²) >= 11 is 1.32. The van der Waals surface area contributed by atoms with E-state index in [1.807, 2.05) is 56.3 Å². The normalized spacial score (nSPS) is 12.3. The van der Waals surface area contributed by atoms with Crippen molar-refractivity contribution in [2.75, 3.05) is 0 Å². The lowest BCUT2D eigenvalue weighted by molar-refractivity contribution is 0.0942. The standard InChI is InChI=1S/C16H15N3OS/c1-10(15-11(2)18-19-21-15)17-16(20)14-9-5-7-12-6-3-4-8-13(12)14/h3-10H,1-2H3,(H,17,20). The van der Waals surface area contributed by atoms with Crippen LogP contribution in [0.2, 0.25) is 0 Å². The van der Waals surface area contributed by atoms with E-state index in [-0.39, 0.29) is 11.9 Å². The van der Waals surface area contributed by atoms with Crippen molar-refractivity contribution in [1.82, 2.24) is 14.9 Å². The first-order valence-corrected chi connectivity index (χ1v) is 7.51. The number of fused-ring (bicyclic) bond motifs is 1. The number of aromatic nitrogens is 2. The van der Waals surface area contributed by atoms with Crippen LogP contribution in [0.3, 0.4) is 0 Å².